The highest BCUT2D eigenvalue weighted by atomic mass is 32.2. The summed E-state index contributed by atoms with van der Waals surface area (Å²) in [6.07, 6.45) is 0. The number of nitrogens with two attached hydrogens (primary N) is 6. The van der Waals surface area contributed by atoms with Crippen LogP contribution in [-0.4, -0.2) is 86.6 Å². The van der Waals surface area contributed by atoms with E-state index in [2.05, 4.69) is 31.9 Å². The average molecular weight is 783 g/mol. The lowest BCUT2D eigenvalue weighted by molar-refractivity contribution is 0.102. The van der Waals surface area contributed by atoms with Crippen LogP contribution in [0, 0.1) is 21.6 Å². The molecule has 0 radical (unpaired) electrons. The predicted octanol–water partition coefficient (Wildman–Crippen LogP) is 0.230. The van der Waals surface area contributed by atoms with Gasteiger partial charge in [-0.05, 0) is 30.3 Å². The molecule has 0 aromatic heterocycles. The van der Waals surface area contributed by atoms with Crippen molar-refractivity contribution >= 4 is 81.9 Å². The Morgan fingerprint density at radius 2 is 0.944 bits per heavy atom. The Morgan fingerprint density at radius 1 is 0.574 bits per heavy atom. The molecule has 22 N–H and O–H groups in total. The quantitative estimate of drug-likeness (QED) is 0.0240. The zero-order chi connectivity index (χ0) is 39.6. The molecule has 2 amide bonds. The van der Waals surface area contributed by atoms with Gasteiger partial charge in [-0.3, -0.25) is 31.2 Å². The molecule has 0 unspecified atom stereocenters. The second kappa shape index (κ2) is 21.2. The van der Waals surface area contributed by atoms with Crippen LogP contribution in [0.4, 0.5) is 22.7 Å². The highest BCUT2D eigenvalue weighted by Gasteiger charge is 2.24. The second-order valence-electron chi connectivity index (χ2n) is 11.0. The summed E-state index contributed by atoms with van der Waals surface area (Å²) in [4.78, 5) is 29.3. The van der Waals surface area contributed by atoms with Gasteiger partial charge in [0.25, 0.3) is 11.8 Å². The van der Waals surface area contributed by atoms with Crippen molar-refractivity contribution in [3.8, 4) is 11.5 Å². The highest BCUT2D eigenvalue weighted by Crippen LogP contribution is 2.37. The minimum atomic E-state index is -0.643. The zero-order valence-electron chi connectivity index (χ0n) is 29.2. The number of benzene rings is 3. The van der Waals surface area contributed by atoms with Crippen molar-refractivity contribution in [1.82, 2.24) is 21.3 Å². The maximum Gasteiger partial charge on any atom is 0.259 e. The summed E-state index contributed by atoms with van der Waals surface area (Å²) in [5.74, 6) is -1.14. The molecule has 0 aliphatic rings. The van der Waals surface area contributed by atoms with Crippen LogP contribution in [-0.2, 0) is 0 Å². The zero-order valence-corrected chi connectivity index (χ0v) is 30.8. The third-order valence-corrected chi connectivity index (χ3v) is 9.14. The first kappa shape index (κ1) is 42.0. The van der Waals surface area contributed by atoms with Crippen LogP contribution in [0.25, 0.3) is 0 Å². The smallest absolute Gasteiger partial charge is 0.259 e. The number of nitrogen functional groups attached to an aromatic ring is 2. The fourth-order valence-corrected chi connectivity index (χ4v) is 6.37. The van der Waals surface area contributed by atoms with Crippen molar-refractivity contribution in [2.24, 2.45) is 22.9 Å². The van der Waals surface area contributed by atoms with Crippen molar-refractivity contribution < 1.29 is 19.1 Å². The van der Waals surface area contributed by atoms with Crippen LogP contribution in [0.1, 0.15) is 20.7 Å². The number of hydrogen-bond donors (Lipinski definition) is 16. The van der Waals surface area contributed by atoms with Crippen molar-refractivity contribution in [2.75, 3.05) is 73.0 Å². The normalized spacial score (nSPS) is 10.4. The molecule has 22 heteroatoms. The molecule has 0 saturated heterocycles. The van der Waals surface area contributed by atoms with Gasteiger partial charge in [0.1, 0.15) is 24.7 Å². The van der Waals surface area contributed by atoms with Crippen LogP contribution in [0.5, 0.6) is 11.5 Å². The van der Waals surface area contributed by atoms with Gasteiger partial charge in [0, 0.05) is 42.0 Å². The van der Waals surface area contributed by atoms with E-state index >= 15 is 0 Å². The van der Waals surface area contributed by atoms with E-state index < -0.39 is 11.8 Å². The molecule has 0 aliphatic carbocycles. The summed E-state index contributed by atoms with van der Waals surface area (Å²) in [5.41, 5.74) is 35.7. The molecule has 0 aliphatic heterocycles. The maximum atomic E-state index is 14.1. The van der Waals surface area contributed by atoms with E-state index in [1.165, 1.54) is 35.7 Å². The van der Waals surface area contributed by atoms with E-state index in [0.29, 0.717) is 57.1 Å². The number of carbonyl (C=O) groups excluding carboxylic acids is 2. The molecule has 290 valence electrons. The van der Waals surface area contributed by atoms with Crippen molar-refractivity contribution in [2.45, 2.75) is 9.79 Å². The number of nitrogens with one attached hydrogen (secondary N) is 10. The summed E-state index contributed by atoms with van der Waals surface area (Å²) in [6.45, 7) is 0.944. The van der Waals surface area contributed by atoms with E-state index in [0.717, 1.165) is 0 Å². The Bertz CT molecular complexity index is 1720. The van der Waals surface area contributed by atoms with E-state index in [4.69, 9.17) is 65.5 Å². The van der Waals surface area contributed by atoms with E-state index in [1.807, 2.05) is 0 Å². The SMILES string of the molecule is N=C(N)NCCOc1cc(OCCNC(=N)N)c(C(=O)Nc2cccc(N)c2SCCNC(=N)N)cc1C(=O)Nc1cccc(N)c1SCCNC(=N)N. The van der Waals surface area contributed by atoms with E-state index in [-0.39, 0.29) is 72.8 Å². The summed E-state index contributed by atoms with van der Waals surface area (Å²) < 4.78 is 11.9. The molecule has 0 fully saturated rings. The third-order valence-electron chi connectivity index (χ3n) is 6.84. The van der Waals surface area contributed by atoms with Crippen LogP contribution in [0.3, 0.4) is 0 Å². The molecule has 0 saturated carbocycles. The average Bonchev–Trinajstić information content (AvgIpc) is 3.10. The molecule has 0 atom stereocenters. The van der Waals surface area contributed by atoms with Gasteiger partial charge in [-0.2, -0.15) is 0 Å². The van der Waals surface area contributed by atoms with E-state index in [1.54, 1.807) is 36.4 Å². The largest absolute Gasteiger partial charge is 0.491 e. The number of amides is 2. The summed E-state index contributed by atoms with van der Waals surface area (Å²) in [6, 6.07) is 12.8. The number of hydrogen-bond acceptors (Lipinski definition) is 12. The fourth-order valence-electron chi connectivity index (χ4n) is 4.53. The third kappa shape index (κ3) is 13.6. The lowest BCUT2D eigenvalue weighted by Crippen LogP contribution is -2.33. The molecule has 3 rings (SSSR count). The van der Waals surface area contributed by atoms with Crippen LogP contribution in [0.2, 0.25) is 0 Å². The van der Waals surface area contributed by atoms with Crippen LogP contribution in [0.15, 0.2) is 58.3 Å². The van der Waals surface area contributed by atoms with Gasteiger partial charge >= 0.3 is 0 Å². The Morgan fingerprint density at radius 3 is 1.31 bits per heavy atom. The van der Waals surface area contributed by atoms with Gasteiger partial charge in [0.15, 0.2) is 23.8 Å². The number of rotatable bonds is 20. The number of thioether (sulfide) groups is 2. The Kier molecular flexibility index (Phi) is 16.5. The second-order valence-corrected chi connectivity index (χ2v) is 13.2. The topological polar surface area (TPSA) is 376 Å². The first-order valence-electron chi connectivity index (χ1n) is 16.2. The standard InChI is InChI=1S/C32H46N16O4S2/c33-19-3-1-5-21(25(19)53-13-9-45-31(39)40)47-27(49)17-15-18(24(52-12-8-44-30(37)38)16-23(17)51-11-7-43-29(35)36)28(50)48-22-6-2-4-20(34)26(22)54-14-10-46-32(41)42/h1-6,15-16H,7-14,33-34H2,(H,47,49)(H,48,50)(H4,35,36,43)(H4,37,38,44)(H4,39,40,45)(H4,41,42,46). The molecule has 0 heterocycles. The van der Waals surface area contributed by atoms with Crippen LogP contribution < -0.4 is 75.8 Å². The van der Waals surface area contributed by atoms with Crippen molar-refractivity contribution in [1.29, 1.82) is 21.6 Å². The van der Waals surface area contributed by atoms with Gasteiger partial charge in [0.05, 0.1) is 45.4 Å². The summed E-state index contributed by atoms with van der Waals surface area (Å²) in [5, 5.41) is 46.1. The molecule has 54 heavy (non-hydrogen) atoms. The lowest BCUT2D eigenvalue weighted by Gasteiger charge is -2.19. The Labute approximate surface area is 320 Å². The van der Waals surface area contributed by atoms with E-state index in [9.17, 15) is 9.59 Å². The predicted molar refractivity (Wildman–Crippen MR) is 216 cm³/mol. The monoisotopic (exact) mass is 782 g/mol. The first-order chi connectivity index (χ1) is 25.8. The number of carbonyl (C=O) groups is 2. The molecule has 0 spiro atoms. The van der Waals surface area contributed by atoms with Gasteiger partial charge < -0.3 is 75.8 Å². The maximum absolute atomic E-state index is 14.1. The molecule has 0 bridgehead atoms. The fraction of sp³-hybridized carbons (Fsp3) is 0.250. The molecular formula is C32H46N16O4S2. The molecule has 3 aromatic rings. The van der Waals surface area contributed by atoms with Gasteiger partial charge in [-0.15, -0.1) is 23.5 Å². The van der Waals surface area contributed by atoms with Crippen molar-refractivity contribution in [3.05, 3.63) is 59.7 Å². The Hall–Kier alpha value is -6.42. The first-order valence-corrected chi connectivity index (χ1v) is 18.1. The van der Waals surface area contributed by atoms with Crippen molar-refractivity contribution in [3.63, 3.8) is 0 Å². The van der Waals surface area contributed by atoms with Gasteiger partial charge in [-0.1, -0.05) is 12.1 Å². The van der Waals surface area contributed by atoms with Gasteiger partial charge in [0.2, 0.25) is 0 Å². The van der Waals surface area contributed by atoms with Crippen LogP contribution >= 0.6 is 23.5 Å². The summed E-state index contributed by atoms with van der Waals surface area (Å²) in [7, 11) is 0. The highest BCUT2D eigenvalue weighted by molar-refractivity contribution is 7.99. The lowest BCUT2D eigenvalue weighted by atomic mass is 10.1. The van der Waals surface area contributed by atoms with Gasteiger partial charge in [-0.25, -0.2) is 0 Å². The minimum absolute atomic E-state index is 0.0262. The molecular weight excluding hydrogens is 737 g/mol. The molecule has 20 nitrogen and oxygen atoms in total. The number of ether oxygens (including phenoxy) is 2. The number of anilines is 4. The summed E-state index contributed by atoms with van der Waals surface area (Å²) >= 11 is 2.68. The Balaban J connectivity index is 2.05. The molecule has 3 aromatic carbocycles. The minimum Gasteiger partial charge on any atom is -0.491 e. The number of guanidine groups is 4.